The van der Waals surface area contributed by atoms with Crippen LogP contribution in [-0.2, 0) is 0 Å². The summed E-state index contributed by atoms with van der Waals surface area (Å²) in [7, 11) is 3.15. The summed E-state index contributed by atoms with van der Waals surface area (Å²) in [5.41, 5.74) is 0.547. The van der Waals surface area contributed by atoms with Gasteiger partial charge in [-0.05, 0) is 18.6 Å². The van der Waals surface area contributed by atoms with Crippen LogP contribution in [0.2, 0.25) is 0 Å². The van der Waals surface area contributed by atoms with Crippen molar-refractivity contribution in [3.8, 4) is 11.5 Å². The number of hydrogen-bond donors (Lipinski definition) is 1. The predicted octanol–water partition coefficient (Wildman–Crippen LogP) is 4.18. The molecule has 1 amide bonds. The summed E-state index contributed by atoms with van der Waals surface area (Å²) in [6, 6.07) is 5.23. The molecule has 0 aliphatic rings. The normalized spacial score (nSPS) is 10.3. The number of rotatable bonds is 11. The minimum Gasteiger partial charge on any atom is -0.497 e. The maximum absolute atomic E-state index is 12.2. The Labute approximate surface area is 134 Å². The van der Waals surface area contributed by atoms with E-state index in [0.29, 0.717) is 23.6 Å². The van der Waals surface area contributed by atoms with Gasteiger partial charge in [0.1, 0.15) is 11.5 Å². The molecule has 0 aromatic heterocycles. The molecule has 1 aromatic rings. The molecule has 0 fully saturated rings. The van der Waals surface area contributed by atoms with Crippen molar-refractivity contribution in [1.29, 1.82) is 0 Å². The molecular weight excluding hydrogens is 278 g/mol. The molecule has 0 aliphatic heterocycles. The van der Waals surface area contributed by atoms with Crippen LogP contribution in [0.3, 0.4) is 0 Å². The van der Waals surface area contributed by atoms with Gasteiger partial charge in [0, 0.05) is 12.6 Å². The van der Waals surface area contributed by atoms with Crippen LogP contribution in [0.15, 0.2) is 18.2 Å². The average Bonchev–Trinajstić information content (AvgIpc) is 2.56. The largest absolute Gasteiger partial charge is 0.497 e. The van der Waals surface area contributed by atoms with Crippen LogP contribution in [0, 0.1) is 0 Å². The Hall–Kier alpha value is -1.71. The van der Waals surface area contributed by atoms with Gasteiger partial charge in [-0.25, -0.2) is 0 Å². The van der Waals surface area contributed by atoms with E-state index in [1.807, 2.05) is 0 Å². The van der Waals surface area contributed by atoms with Crippen LogP contribution in [0.1, 0.15) is 62.2 Å². The number of methoxy groups -OCH3 is 2. The summed E-state index contributed by atoms with van der Waals surface area (Å²) in [5, 5.41) is 2.95. The van der Waals surface area contributed by atoms with Crippen LogP contribution in [0.25, 0.3) is 0 Å². The second kappa shape index (κ2) is 10.9. The van der Waals surface area contributed by atoms with E-state index in [1.54, 1.807) is 32.4 Å². The van der Waals surface area contributed by atoms with Crippen molar-refractivity contribution in [1.82, 2.24) is 5.32 Å². The van der Waals surface area contributed by atoms with Crippen molar-refractivity contribution in [3.05, 3.63) is 23.8 Å². The van der Waals surface area contributed by atoms with E-state index in [2.05, 4.69) is 12.2 Å². The smallest absolute Gasteiger partial charge is 0.255 e. The molecule has 0 radical (unpaired) electrons. The van der Waals surface area contributed by atoms with Crippen LogP contribution in [0.5, 0.6) is 11.5 Å². The topological polar surface area (TPSA) is 47.6 Å². The maximum atomic E-state index is 12.2. The summed E-state index contributed by atoms with van der Waals surface area (Å²) < 4.78 is 10.4. The first-order valence-corrected chi connectivity index (χ1v) is 8.23. The fourth-order valence-electron chi connectivity index (χ4n) is 2.37. The number of hydrogen-bond acceptors (Lipinski definition) is 3. The molecule has 0 bridgehead atoms. The Morgan fingerprint density at radius 2 is 1.68 bits per heavy atom. The van der Waals surface area contributed by atoms with Gasteiger partial charge >= 0.3 is 0 Å². The molecule has 1 rings (SSSR count). The standard InChI is InChI=1S/C18H29NO3/c1-4-5-6-7-8-9-10-13-19-18(20)16-12-11-15(21-2)14-17(16)22-3/h11-12,14H,4-10,13H2,1-3H3,(H,19,20). The van der Waals surface area contributed by atoms with Gasteiger partial charge in [0.25, 0.3) is 5.91 Å². The third-order valence-electron chi connectivity index (χ3n) is 3.72. The number of unbranched alkanes of at least 4 members (excludes halogenated alkanes) is 6. The minimum atomic E-state index is -0.0921. The summed E-state index contributed by atoms with van der Waals surface area (Å²) in [6.45, 7) is 2.94. The van der Waals surface area contributed by atoms with Crippen molar-refractivity contribution in [3.63, 3.8) is 0 Å². The highest BCUT2D eigenvalue weighted by molar-refractivity contribution is 5.97. The van der Waals surface area contributed by atoms with E-state index in [1.165, 1.54) is 38.5 Å². The van der Waals surface area contributed by atoms with Gasteiger partial charge in [0.05, 0.1) is 19.8 Å². The molecular formula is C18H29NO3. The molecule has 124 valence electrons. The molecule has 22 heavy (non-hydrogen) atoms. The first-order chi connectivity index (χ1) is 10.7. The van der Waals surface area contributed by atoms with Gasteiger partial charge in [-0.15, -0.1) is 0 Å². The highest BCUT2D eigenvalue weighted by Gasteiger charge is 2.12. The van der Waals surface area contributed by atoms with E-state index < -0.39 is 0 Å². The second-order valence-corrected chi connectivity index (χ2v) is 5.44. The van der Waals surface area contributed by atoms with Crippen molar-refractivity contribution in [2.24, 2.45) is 0 Å². The van der Waals surface area contributed by atoms with E-state index in [-0.39, 0.29) is 5.91 Å². The van der Waals surface area contributed by atoms with Crippen molar-refractivity contribution in [2.45, 2.75) is 51.9 Å². The zero-order chi connectivity index (χ0) is 16.2. The lowest BCUT2D eigenvalue weighted by Crippen LogP contribution is -2.24. The van der Waals surface area contributed by atoms with Crippen LogP contribution in [-0.4, -0.2) is 26.7 Å². The second-order valence-electron chi connectivity index (χ2n) is 5.44. The molecule has 0 saturated carbocycles. The van der Waals surface area contributed by atoms with E-state index >= 15 is 0 Å². The lowest BCUT2D eigenvalue weighted by molar-refractivity contribution is 0.0950. The average molecular weight is 307 g/mol. The van der Waals surface area contributed by atoms with E-state index in [4.69, 9.17) is 9.47 Å². The lowest BCUT2D eigenvalue weighted by Gasteiger charge is -2.10. The fraction of sp³-hybridized carbons (Fsp3) is 0.611. The third-order valence-corrected chi connectivity index (χ3v) is 3.72. The van der Waals surface area contributed by atoms with Gasteiger partial charge in [-0.2, -0.15) is 0 Å². The summed E-state index contributed by atoms with van der Waals surface area (Å²) in [6.07, 6.45) is 8.68. The van der Waals surface area contributed by atoms with Crippen LogP contribution >= 0.6 is 0 Å². The molecule has 0 heterocycles. The van der Waals surface area contributed by atoms with Crippen LogP contribution < -0.4 is 14.8 Å². The molecule has 4 nitrogen and oxygen atoms in total. The first-order valence-electron chi connectivity index (χ1n) is 8.23. The summed E-state index contributed by atoms with van der Waals surface area (Å²) >= 11 is 0. The summed E-state index contributed by atoms with van der Waals surface area (Å²) in [4.78, 5) is 12.2. The zero-order valence-electron chi connectivity index (χ0n) is 14.1. The Kier molecular flexibility index (Phi) is 9.12. The van der Waals surface area contributed by atoms with Crippen molar-refractivity contribution < 1.29 is 14.3 Å². The molecule has 1 N–H and O–H groups in total. The van der Waals surface area contributed by atoms with Gasteiger partial charge in [-0.3, -0.25) is 4.79 Å². The molecule has 1 aromatic carbocycles. The predicted molar refractivity (Wildman–Crippen MR) is 89.9 cm³/mol. The van der Waals surface area contributed by atoms with Gasteiger partial charge in [-0.1, -0.05) is 45.4 Å². The van der Waals surface area contributed by atoms with E-state index in [0.717, 1.165) is 6.42 Å². The fourth-order valence-corrected chi connectivity index (χ4v) is 2.37. The maximum Gasteiger partial charge on any atom is 0.255 e. The Morgan fingerprint density at radius 3 is 2.32 bits per heavy atom. The molecule has 0 aliphatic carbocycles. The van der Waals surface area contributed by atoms with Crippen LogP contribution in [0.4, 0.5) is 0 Å². The quantitative estimate of drug-likeness (QED) is 0.624. The summed E-state index contributed by atoms with van der Waals surface area (Å²) in [5.74, 6) is 1.13. The highest BCUT2D eigenvalue weighted by Crippen LogP contribution is 2.24. The SMILES string of the molecule is CCCCCCCCCNC(=O)c1ccc(OC)cc1OC. The molecule has 0 spiro atoms. The van der Waals surface area contributed by atoms with E-state index in [9.17, 15) is 4.79 Å². The number of benzene rings is 1. The number of carbonyl (C=O) groups excluding carboxylic acids is 1. The monoisotopic (exact) mass is 307 g/mol. The zero-order valence-corrected chi connectivity index (χ0v) is 14.1. The number of carbonyl (C=O) groups is 1. The Balaban J connectivity index is 2.30. The highest BCUT2D eigenvalue weighted by atomic mass is 16.5. The van der Waals surface area contributed by atoms with Crippen molar-refractivity contribution >= 4 is 5.91 Å². The number of nitrogens with one attached hydrogen (secondary N) is 1. The minimum absolute atomic E-state index is 0.0921. The van der Waals surface area contributed by atoms with Crippen molar-refractivity contribution in [2.75, 3.05) is 20.8 Å². The number of amides is 1. The molecule has 4 heteroatoms. The Bertz CT molecular complexity index is 446. The molecule has 0 atom stereocenters. The van der Waals surface area contributed by atoms with Gasteiger partial charge in [0.15, 0.2) is 0 Å². The van der Waals surface area contributed by atoms with Gasteiger partial charge < -0.3 is 14.8 Å². The Morgan fingerprint density at radius 1 is 1.00 bits per heavy atom. The third kappa shape index (κ3) is 6.37. The molecule has 0 unspecified atom stereocenters. The van der Waals surface area contributed by atoms with Gasteiger partial charge in [0.2, 0.25) is 0 Å². The lowest BCUT2D eigenvalue weighted by atomic mass is 10.1. The number of ether oxygens (including phenoxy) is 2. The first kappa shape index (κ1) is 18.3. The molecule has 0 saturated heterocycles.